The fourth-order valence-corrected chi connectivity index (χ4v) is 5.45. The van der Waals surface area contributed by atoms with E-state index in [0.717, 1.165) is 16.3 Å². The van der Waals surface area contributed by atoms with Crippen molar-refractivity contribution in [2.24, 2.45) is 5.92 Å². The highest BCUT2D eigenvalue weighted by Crippen LogP contribution is 2.26. The lowest BCUT2D eigenvalue weighted by molar-refractivity contribution is -0.126. The van der Waals surface area contributed by atoms with Crippen LogP contribution in [0.15, 0.2) is 71.6 Å². The molecular formula is C24H26N2O3S. The summed E-state index contributed by atoms with van der Waals surface area (Å²) in [5, 5.41) is 4.86. The number of carbonyl (C=O) groups is 1. The standard InChI is InChI=1S/C24H26N2O3S/c1-18-8-10-19(11-9-18)16-25-24(27)22-7-4-14-26(17-22)30(28,29)23-13-12-20-5-2-3-6-21(20)15-23/h2-3,5-6,8-13,15,22H,4,7,14,16-17H2,1H3,(H,25,27)/t22-/m1/s1. The van der Waals surface area contributed by atoms with Crippen molar-refractivity contribution in [1.82, 2.24) is 9.62 Å². The van der Waals surface area contributed by atoms with Crippen LogP contribution in [0, 0.1) is 12.8 Å². The average molecular weight is 423 g/mol. The Morgan fingerprint density at radius 3 is 2.53 bits per heavy atom. The Bertz CT molecular complexity index is 1160. The molecule has 0 aliphatic carbocycles. The smallest absolute Gasteiger partial charge is 0.243 e. The van der Waals surface area contributed by atoms with Crippen LogP contribution in [0.25, 0.3) is 10.8 Å². The molecule has 0 radical (unpaired) electrons. The molecule has 1 fully saturated rings. The summed E-state index contributed by atoms with van der Waals surface area (Å²) < 4.78 is 27.9. The highest BCUT2D eigenvalue weighted by molar-refractivity contribution is 7.89. The summed E-state index contributed by atoms with van der Waals surface area (Å²) in [5.41, 5.74) is 2.21. The lowest BCUT2D eigenvalue weighted by Crippen LogP contribution is -2.45. The molecule has 1 N–H and O–H groups in total. The number of hydrogen-bond donors (Lipinski definition) is 1. The summed E-state index contributed by atoms with van der Waals surface area (Å²) in [6.07, 6.45) is 1.37. The molecule has 0 spiro atoms. The van der Waals surface area contributed by atoms with Crippen LogP contribution >= 0.6 is 0 Å². The van der Waals surface area contributed by atoms with Gasteiger partial charge in [0.25, 0.3) is 0 Å². The Hall–Kier alpha value is -2.70. The lowest BCUT2D eigenvalue weighted by Gasteiger charge is -2.31. The van der Waals surface area contributed by atoms with Crippen LogP contribution in [0.2, 0.25) is 0 Å². The minimum atomic E-state index is -3.64. The van der Waals surface area contributed by atoms with Crippen molar-refractivity contribution >= 4 is 26.7 Å². The van der Waals surface area contributed by atoms with Crippen LogP contribution in [0.3, 0.4) is 0 Å². The van der Waals surface area contributed by atoms with Gasteiger partial charge in [0.15, 0.2) is 0 Å². The van der Waals surface area contributed by atoms with Gasteiger partial charge in [0.2, 0.25) is 15.9 Å². The van der Waals surface area contributed by atoms with Gasteiger partial charge >= 0.3 is 0 Å². The summed E-state index contributed by atoms with van der Waals surface area (Å²) in [6.45, 7) is 3.13. The van der Waals surface area contributed by atoms with Gasteiger partial charge in [0.1, 0.15) is 0 Å². The molecular weight excluding hydrogens is 396 g/mol. The predicted octanol–water partition coefficient (Wildman–Crippen LogP) is 3.87. The third-order valence-electron chi connectivity index (χ3n) is 5.70. The largest absolute Gasteiger partial charge is 0.352 e. The Morgan fingerprint density at radius 2 is 1.77 bits per heavy atom. The van der Waals surface area contributed by atoms with Crippen LogP contribution in [0.4, 0.5) is 0 Å². The van der Waals surface area contributed by atoms with E-state index in [1.807, 2.05) is 61.5 Å². The molecule has 1 aliphatic heterocycles. The van der Waals surface area contributed by atoms with Crippen molar-refractivity contribution in [2.45, 2.75) is 31.2 Å². The number of nitrogens with zero attached hydrogens (tertiary/aromatic N) is 1. The minimum Gasteiger partial charge on any atom is -0.352 e. The highest BCUT2D eigenvalue weighted by Gasteiger charge is 2.33. The van der Waals surface area contributed by atoms with Crippen LogP contribution in [0.5, 0.6) is 0 Å². The van der Waals surface area contributed by atoms with Crippen molar-refractivity contribution in [1.29, 1.82) is 0 Å². The summed E-state index contributed by atoms with van der Waals surface area (Å²) in [4.78, 5) is 13.0. The molecule has 30 heavy (non-hydrogen) atoms. The Balaban J connectivity index is 1.45. The number of amides is 1. The summed E-state index contributed by atoms with van der Waals surface area (Å²) in [5.74, 6) is -0.423. The van der Waals surface area contributed by atoms with Gasteiger partial charge in [0.05, 0.1) is 10.8 Å². The molecule has 4 rings (SSSR count). The fraction of sp³-hybridized carbons (Fsp3) is 0.292. The van der Waals surface area contributed by atoms with Crippen LogP contribution in [-0.2, 0) is 21.4 Å². The van der Waals surface area contributed by atoms with E-state index in [4.69, 9.17) is 0 Å². The number of hydrogen-bond acceptors (Lipinski definition) is 3. The van der Waals surface area contributed by atoms with Crippen molar-refractivity contribution in [3.8, 4) is 0 Å². The minimum absolute atomic E-state index is 0.0889. The molecule has 5 nitrogen and oxygen atoms in total. The van der Waals surface area contributed by atoms with Gasteiger partial charge in [-0.15, -0.1) is 0 Å². The van der Waals surface area contributed by atoms with E-state index in [0.29, 0.717) is 25.9 Å². The van der Waals surface area contributed by atoms with Crippen LogP contribution in [0.1, 0.15) is 24.0 Å². The van der Waals surface area contributed by atoms with Gasteiger partial charge in [-0.3, -0.25) is 4.79 Å². The first-order chi connectivity index (χ1) is 14.4. The first-order valence-electron chi connectivity index (χ1n) is 10.3. The van der Waals surface area contributed by atoms with E-state index < -0.39 is 10.0 Å². The second-order valence-electron chi connectivity index (χ2n) is 7.91. The van der Waals surface area contributed by atoms with Gasteiger partial charge in [-0.2, -0.15) is 4.31 Å². The van der Waals surface area contributed by atoms with Crippen molar-refractivity contribution < 1.29 is 13.2 Å². The maximum absolute atomic E-state index is 13.2. The third-order valence-corrected chi connectivity index (χ3v) is 7.56. The number of carbonyl (C=O) groups excluding carboxylic acids is 1. The van der Waals surface area contributed by atoms with E-state index in [9.17, 15) is 13.2 Å². The lowest BCUT2D eigenvalue weighted by atomic mass is 9.98. The summed E-state index contributed by atoms with van der Waals surface area (Å²) in [7, 11) is -3.64. The monoisotopic (exact) mass is 422 g/mol. The zero-order valence-corrected chi connectivity index (χ0v) is 17.9. The fourth-order valence-electron chi connectivity index (χ4n) is 3.89. The average Bonchev–Trinajstić information content (AvgIpc) is 2.78. The van der Waals surface area contributed by atoms with E-state index >= 15 is 0 Å². The maximum Gasteiger partial charge on any atom is 0.243 e. The van der Waals surface area contributed by atoms with Gasteiger partial charge in [-0.25, -0.2) is 8.42 Å². The molecule has 1 saturated heterocycles. The van der Waals surface area contributed by atoms with Crippen molar-refractivity contribution in [2.75, 3.05) is 13.1 Å². The SMILES string of the molecule is Cc1ccc(CNC(=O)[C@@H]2CCCN(S(=O)(=O)c3ccc4ccccc4c3)C2)cc1. The quantitative estimate of drug-likeness (QED) is 0.679. The van der Waals surface area contributed by atoms with Crippen LogP contribution < -0.4 is 5.32 Å². The van der Waals surface area contributed by atoms with Gasteiger partial charge in [-0.05, 0) is 48.2 Å². The zero-order valence-electron chi connectivity index (χ0n) is 17.0. The van der Waals surface area contributed by atoms with Gasteiger partial charge in [0, 0.05) is 19.6 Å². The second-order valence-corrected chi connectivity index (χ2v) is 9.85. The number of piperidine rings is 1. The molecule has 0 saturated carbocycles. The number of fused-ring (bicyclic) bond motifs is 1. The summed E-state index contributed by atoms with van der Waals surface area (Å²) in [6, 6.07) is 20.9. The number of aryl methyl sites for hydroxylation is 1. The third kappa shape index (κ3) is 4.40. The predicted molar refractivity (Wildman–Crippen MR) is 118 cm³/mol. The number of nitrogens with one attached hydrogen (secondary N) is 1. The molecule has 1 amide bonds. The molecule has 1 atom stereocenters. The number of sulfonamides is 1. The molecule has 3 aromatic rings. The van der Waals surface area contributed by atoms with Gasteiger partial charge in [-0.1, -0.05) is 60.2 Å². The highest BCUT2D eigenvalue weighted by atomic mass is 32.2. The second kappa shape index (κ2) is 8.58. The normalized spacial score (nSPS) is 17.7. The summed E-state index contributed by atoms with van der Waals surface area (Å²) >= 11 is 0. The van der Waals surface area contributed by atoms with Crippen molar-refractivity contribution in [3.63, 3.8) is 0 Å². The number of benzene rings is 3. The van der Waals surface area contributed by atoms with E-state index in [-0.39, 0.29) is 23.3 Å². The van der Waals surface area contributed by atoms with Crippen LogP contribution in [-0.4, -0.2) is 31.7 Å². The first-order valence-corrected chi connectivity index (χ1v) is 11.7. The van der Waals surface area contributed by atoms with E-state index in [2.05, 4.69) is 5.32 Å². The molecule has 6 heteroatoms. The Labute approximate surface area is 177 Å². The Kier molecular flexibility index (Phi) is 5.88. The zero-order chi connectivity index (χ0) is 21.1. The van der Waals surface area contributed by atoms with E-state index in [1.165, 1.54) is 9.87 Å². The number of rotatable bonds is 5. The molecule has 0 bridgehead atoms. The topological polar surface area (TPSA) is 66.5 Å². The van der Waals surface area contributed by atoms with E-state index in [1.54, 1.807) is 12.1 Å². The Morgan fingerprint density at radius 1 is 1.03 bits per heavy atom. The van der Waals surface area contributed by atoms with Crippen molar-refractivity contribution in [3.05, 3.63) is 77.9 Å². The maximum atomic E-state index is 13.2. The molecule has 0 aromatic heterocycles. The van der Waals surface area contributed by atoms with Gasteiger partial charge < -0.3 is 5.32 Å². The first kappa shape index (κ1) is 20.6. The molecule has 0 unspecified atom stereocenters. The molecule has 156 valence electrons. The molecule has 1 heterocycles. The molecule has 3 aromatic carbocycles. The molecule has 1 aliphatic rings.